The van der Waals surface area contributed by atoms with Crippen molar-refractivity contribution in [3.63, 3.8) is 0 Å². The Kier molecular flexibility index (Phi) is 9.97. The smallest absolute Gasteiger partial charge is 0.326 e. The number of aromatic amines is 2. The van der Waals surface area contributed by atoms with E-state index in [4.69, 9.17) is 5.73 Å². The Morgan fingerprint density at radius 1 is 0.925 bits per heavy atom. The number of fused-ring (bicyclic) bond motifs is 1. The van der Waals surface area contributed by atoms with Gasteiger partial charge in [-0.05, 0) is 24.0 Å². The number of para-hydroxylation sites is 1. The number of nitrogens with one attached hydrogen (secondary N) is 5. The van der Waals surface area contributed by atoms with Crippen LogP contribution in [0.2, 0.25) is 0 Å². The fraction of sp³-hybridized carbons (Fsp3) is 0.385. The van der Waals surface area contributed by atoms with E-state index >= 15 is 0 Å². The van der Waals surface area contributed by atoms with Crippen molar-refractivity contribution in [2.24, 2.45) is 11.7 Å². The number of rotatable bonds is 14. The standard InChI is InChI=1S/C26H33N7O7/c1-13(2)22(26(39)40)33-25(38)20(9-21(34)35)32-24(37)19(8-15-11-28-12-30-15)31-23(36)17(27)7-14-10-29-18-6-4-3-5-16(14)18/h3-6,10-13,17,19-20,22,29H,7-9,27H2,1-2H3,(H,28,30)(H,31,36)(H,32,37)(H,33,38)(H,34,35)(H,39,40). The van der Waals surface area contributed by atoms with E-state index < -0.39 is 66.2 Å². The van der Waals surface area contributed by atoms with Crippen molar-refractivity contribution in [1.29, 1.82) is 0 Å². The third-order valence-corrected chi connectivity index (χ3v) is 6.31. The number of aromatic nitrogens is 3. The maximum Gasteiger partial charge on any atom is 0.326 e. The van der Waals surface area contributed by atoms with Crippen molar-refractivity contribution in [2.75, 3.05) is 0 Å². The Balaban J connectivity index is 1.75. The molecule has 0 saturated heterocycles. The Hall–Kier alpha value is -4.72. The summed E-state index contributed by atoms with van der Waals surface area (Å²) < 4.78 is 0. The fourth-order valence-electron chi connectivity index (χ4n) is 4.16. The lowest BCUT2D eigenvalue weighted by Crippen LogP contribution is -2.58. The minimum Gasteiger partial charge on any atom is -0.481 e. The van der Waals surface area contributed by atoms with Crippen molar-refractivity contribution < 1.29 is 34.2 Å². The van der Waals surface area contributed by atoms with Gasteiger partial charge in [-0.1, -0.05) is 32.0 Å². The highest BCUT2D eigenvalue weighted by atomic mass is 16.4. The van der Waals surface area contributed by atoms with Gasteiger partial charge in [0.05, 0.1) is 18.8 Å². The van der Waals surface area contributed by atoms with E-state index in [-0.39, 0.29) is 12.8 Å². The zero-order valence-corrected chi connectivity index (χ0v) is 22.0. The molecule has 0 saturated carbocycles. The van der Waals surface area contributed by atoms with Gasteiger partial charge in [-0.3, -0.25) is 19.2 Å². The summed E-state index contributed by atoms with van der Waals surface area (Å²) in [5.41, 5.74) is 8.35. The zero-order chi connectivity index (χ0) is 29.4. The number of carboxylic acid groups (broad SMARTS) is 2. The largest absolute Gasteiger partial charge is 0.481 e. The van der Waals surface area contributed by atoms with E-state index in [1.165, 1.54) is 12.5 Å². The van der Waals surface area contributed by atoms with Gasteiger partial charge in [-0.25, -0.2) is 9.78 Å². The molecule has 3 rings (SSSR count). The summed E-state index contributed by atoms with van der Waals surface area (Å²) >= 11 is 0. The Bertz CT molecular complexity index is 1350. The van der Waals surface area contributed by atoms with E-state index in [9.17, 15) is 34.2 Å². The molecule has 214 valence electrons. The number of H-pyrrole nitrogens is 2. The first kappa shape index (κ1) is 29.8. The second-order valence-corrected chi connectivity index (χ2v) is 9.74. The van der Waals surface area contributed by atoms with Gasteiger partial charge in [-0.15, -0.1) is 0 Å². The first-order valence-electron chi connectivity index (χ1n) is 12.6. The van der Waals surface area contributed by atoms with Crippen molar-refractivity contribution in [3.8, 4) is 0 Å². The van der Waals surface area contributed by atoms with Crippen LogP contribution >= 0.6 is 0 Å². The SMILES string of the molecule is CC(C)C(NC(=O)C(CC(=O)O)NC(=O)C(Cc1cnc[nH]1)NC(=O)C(N)Cc1c[nH]c2ccccc12)C(=O)O. The van der Waals surface area contributed by atoms with Gasteiger partial charge >= 0.3 is 11.9 Å². The molecular weight excluding hydrogens is 522 g/mol. The monoisotopic (exact) mass is 555 g/mol. The molecule has 40 heavy (non-hydrogen) atoms. The molecule has 14 nitrogen and oxygen atoms in total. The number of aliphatic carboxylic acids is 2. The molecule has 3 amide bonds. The summed E-state index contributed by atoms with van der Waals surface area (Å²) in [7, 11) is 0. The number of imidazole rings is 1. The molecule has 0 radical (unpaired) electrons. The lowest BCUT2D eigenvalue weighted by Gasteiger charge is -2.25. The predicted octanol–water partition coefficient (Wildman–Crippen LogP) is -0.327. The Morgan fingerprint density at radius 2 is 1.60 bits per heavy atom. The maximum absolute atomic E-state index is 13.3. The van der Waals surface area contributed by atoms with Gasteiger partial charge < -0.3 is 41.9 Å². The van der Waals surface area contributed by atoms with Gasteiger partial charge in [0.25, 0.3) is 0 Å². The van der Waals surface area contributed by atoms with Crippen LogP contribution in [0.3, 0.4) is 0 Å². The maximum atomic E-state index is 13.3. The Labute approximate surface area is 229 Å². The molecule has 0 spiro atoms. The molecule has 3 aromatic rings. The van der Waals surface area contributed by atoms with E-state index in [1.54, 1.807) is 20.0 Å². The third-order valence-electron chi connectivity index (χ3n) is 6.31. The van der Waals surface area contributed by atoms with E-state index in [1.807, 2.05) is 24.3 Å². The van der Waals surface area contributed by atoms with Gasteiger partial charge in [0, 0.05) is 35.4 Å². The van der Waals surface area contributed by atoms with Crippen LogP contribution in [0.1, 0.15) is 31.5 Å². The summed E-state index contributed by atoms with van der Waals surface area (Å²) in [5.74, 6) is -5.70. The van der Waals surface area contributed by atoms with Crippen molar-refractivity contribution >= 4 is 40.6 Å². The minimum absolute atomic E-state index is 0.0669. The molecule has 2 heterocycles. The fourth-order valence-corrected chi connectivity index (χ4v) is 4.16. The average Bonchev–Trinajstić information content (AvgIpc) is 3.55. The Morgan fingerprint density at radius 3 is 2.23 bits per heavy atom. The van der Waals surface area contributed by atoms with Crippen LogP contribution in [0, 0.1) is 5.92 Å². The van der Waals surface area contributed by atoms with Gasteiger partial charge in [0.1, 0.15) is 18.1 Å². The second kappa shape index (κ2) is 13.4. The van der Waals surface area contributed by atoms with Crippen LogP contribution in [0.4, 0.5) is 0 Å². The molecule has 2 aromatic heterocycles. The molecule has 0 fully saturated rings. The highest BCUT2D eigenvalue weighted by Crippen LogP contribution is 2.19. The van der Waals surface area contributed by atoms with Crippen molar-refractivity contribution in [3.05, 3.63) is 54.2 Å². The minimum atomic E-state index is -1.60. The van der Waals surface area contributed by atoms with Crippen LogP contribution in [0.25, 0.3) is 10.9 Å². The van der Waals surface area contributed by atoms with Crippen LogP contribution in [-0.4, -0.2) is 79.0 Å². The third kappa shape index (κ3) is 7.89. The lowest BCUT2D eigenvalue weighted by molar-refractivity contribution is -0.144. The van der Waals surface area contributed by atoms with Gasteiger partial charge in [0.2, 0.25) is 17.7 Å². The van der Waals surface area contributed by atoms with Gasteiger partial charge in [0.15, 0.2) is 0 Å². The normalized spacial score (nSPS) is 14.2. The number of nitrogens with zero attached hydrogens (tertiary/aromatic N) is 1. The van der Waals surface area contributed by atoms with Crippen molar-refractivity contribution in [1.82, 2.24) is 30.9 Å². The summed E-state index contributed by atoms with van der Waals surface area (Å²) in [4.78, 5) is 71.9. The molecule has 0 aliphatic rings. The summed E-state index contributed by atoms with van der Waals surface area (Å²) in [6, 6.07) is 2.31. The molecule has 1 aromatic carbocycles. The number of carbonyl (C=O) groups is 5. The van der Waals surface area contributed by atoms with E-state index in [0.717, 1.165) is 16.5 Å². The zero-order valence-electron chi connectivity index (χ0n) is 22.0. The second-order valence-electron chi connectivity index (χ2n) is 9.74. The topological polar surface area (TPSA) is 232 Å². The average molecular weight is 556 g/mol. The number of nitrogens with two attached hydrogens (primary N) is 1. The summed E-state index contributed by atoms with van der Waals surface area (Å²) in [6.07, 6.45) is 3.87. The molecule has 0 bridgehead atoms. The molecule has 9 N–H and O–H groups in total. The molecular formula is C26H33N7O7. The number of carbonyl (C=O) groups excluding carboxylic acids is 3. The van der Waals surface area contributed by atoms with Crippen LogP contribution in [0.15, 0.2) is 43.0 Å². The number of hydrogen-bond acceptors (Lipinski definition) is 7. The van der Waals surface area contributed by atoms with Crippen LogP contribution in [-0.2, 0) is 36.8 Å². The molecule has 4 atom stereocenters. The number of benzene rings is 1. The molecule has 4 unspecified atom stereocenters. The number of amides is 3. The molecule has 14 heteroatoms. The van der Waals surface area contributed by atoms with Crippen LogP contribution in [0.5, 0.6) is 0 Å². The summed E-state index contributed by atoms with van der Waals surface area (Å²) in [5, 5.41) is 26.8. The van der Waals surface area contributed by atoms with Crippen molar-refractivity contribution in [2.45, 2.75) is 57.3 Å². The van der Waals surface area contributed by atoms with Crippen LogP contribution < -0.4 is 21.7 Å². The number of hydrogen-bond donors (Lipinski definition) is 8. The van der Waals surface area contributed by atoms with Gasteiger partial charge in [-0.2, -0.15) is 0 Å². The highest BCUT2D eigenvalue weighted by molar-refractivity contribution is 5.96. The van der Waals surface area contributed by atoms with E-state index in [2.05, 4.69) is 30.9 Å². The highest BCUT2D eigenvalue weighted by Gasteiger charge is 2.33. The number of carboxylic acids is 2. The molecule has 0 aliphatic carbocycles. The van der Waals surface area contributed by atoms with E-state index in [0.29, 0.717) is 5.69 Å². The first-order valence-corrected chi connectivity index (χ1v) is 12.6. The summed E-state index contributed by atoms with van der Waals surface area (Å²) in [6.45, 7) is 3.14. The first-order chi connectivity index (χ1) is 19.0. The molecule has 0 aliphatic heterocycles. The quantitative estimate of drug-likeness (QED) is 0.130. The predicted molar refractivity (Wildman–Crippen MR) is 143 cm³/mol. The lowest BCUT2D eigenvalue weighted by atomic mass is 10.0.